The highest BCUT2D eigenvalue weighted by Crippen LogP contribution is 2.20. The van der Waals surface area contributed by atoms with Crippen molar-refractivity contribution in [3.8, 4) is 0 Å². The Hall–Kier alpha value is -1.67. The molecule has 2 amide bonds. The van der Waals surface area contributed by atoms with Crippen LogP contribution in [0.2, 0.25) is 0 Å². The molecule has 8 nitrogen and oxygen atoms in total. The maximum atomic E-state index is 12.5. The summed E-state index contributed by atoms with van der Waals surface area (Å²) < 4.78 is 0. The molecule has 24 heavy (non-hydrogen) atoms. The highest BCUT2D eigenvalue weighted by Gasteiger charge is 2.37. The van der Waals surface area contributed by atoms with Crippen molar-refractivity contribution in [1.82, 2.24) is 10.2 Å². The van der Waals surface area contributed by atoms with Gasteiger partial charge in [-0.2, -0.15) is 0 Å². The van der Waals surface area contributed by atoms with Crippen LogP contribution in [0, 0.1) is 5.92 Å². The van der Waals surface area contributed by atoms with Crippen LogP contribution in [0.1, 0.15) is 46.0 Å². The van der Waals surface area contributed by atoms with Gasteiger partial charge in [0, 0.05) is 6.54 Å². The van der Waals surface area contributed by atoms with Crippen molar-refractivity contribution in [3.63, 3.8) is 0 Å². The van der Waals surface area contributed by atoms with E-state index in [9.17, 15) is 19.5 Å². The quantitative estimate of drug-likeness (QED) is 0.423. The van der Waals surface area contributed by atoms with E-state index >= 15 is 0 Å². The third-order valence-electron chi connectivity index (χ3n) is 4.40. The van der Waals surface area contributed by atoms with Gasteiger partial charge >= 0.3 is 5.97 Å². The third-order valence-corrected chi connectivity index (χ3v) is 4.40. The number of carboxylic acids is 1. The maximum absolute atomic E-state index is 12.5. The van der Waals surface area contributed by atoms with Crippen molar-refractivity contribution in [2.75, 3.05) is 13.1 Å². The summed E-state index contributed by atoms with van der Waals surface area (Å²) in [5.74, 6) is -1.77. The molecule has 0 aliphatic carbocycles. The van der Waals surface area contributed by atoms with Gasteiger partial charge in [-0.1, -0.05) is 13.8 Å². The minimum Gasteiger partial charge on any atom is -0.480 e. The molecule has 0 aromatic rings. The molecular weight excluding hydrogens is 312 g/mol. The zero-order valence-electron chi connectivity index (χ0n) is 14.5. The second kappa shape index (κ2) is 9.58. The number of hydrogen-bond acceptors (Lipinski definition) is 5. The Morgan fingerprint density at radius 2 is 1.96 bits per heavy atom. The van der Waals surface area contributed by atoms with E-state index < -0.39 is 30.0 Å². The number of likely N-dealkylation sites (tertiary alicyclic amines) is 1. The Morgan fingerprint density at radius 1 is 1.29 bits per heavy atom. The van der Waals surface area contributed by atoms with E-state index in [0.29, 0.717) is 45.2 Å². The number of amides is 2. The van der Waals surface area contributed by atoms with E-state index in [-0.39, 0.29) is 11.8 Å². The molecule has 0 aromatic heterocycles. The van der Waals surface area contributed by atoms with Gasteiger partial charge in [0.05, 0.1) is 6.04 Å². The van der Waals surface area contributed by atoms with Crippen LogP contribution in [0.3, 0.4) is 0 Å². The molecule has 0 bridgehead atoms. The van der Waals surface area contributed by atoms with E-state index in [4.69, 9.17) is 11.5 Å². The monoisotopic (exact) mass is 342 g/mol. The number of nitrogens with zero attached hydrogens (tertiary/aromatic N) is 1. The first kappa shape index (κ1) is 20.4. The van der Waals surface area contributed by atoms with Gasteiger partial charge in [0.15, 0.2) is 0 Å². The summed E-state index contributed by atoms with van der Waals surface area (Å²) in [7, 11) is 0. The van der Waals surface area contributed by atoms with Gasteiger partial charge in [-0.15, -0.1) is 0 Å². The molecule has 0 saturated carbocycles. The first-order valence-electron chi connectivity index (χ1n) is 8.58. The molecule has 1 aliphatic rings. The lowest BCUT2D eigenvalue weighted by Crippen LogP contribution is -2.54. The van der Waals surface area contributed by atoms with Crippen LogP contribution in [0.5, 0.6) is 0 Å². The van der Waals surface area contributed by atoms with Crippen molar-refractivity contribution in [3.05, 3.63) is 0 Å². The lowest BCUT2D eigenvalue weighted by Gasteiger charge is -2.29. The average molecular weight is 342 g/mol. The Kier molecular flexibility index (Phi) is 8.14. The SMILES string of the molecule is CC(C)C(N)C(=O)N1CCCC1C(=O)NC(CCCCN)C(=O)O. The smallest absolute Gasteiger partial charge is 0.326 e. The van der Waals surface area contributed by atoms with Crippen LogP contribution in [-0.4, -0.2) is 59.0 Å². The predicted molar refractivity (Wildman–Crippen MR) is 90.0 cm³/mol. The van der Waals surface area contributed by atoms with Crippen LogP contribution in [-0.2, 0) is 14.4 Å². The summed E-state index contributed by atoms with van der Waals surface area (Å²) in [4.78, 5) is 37.7. The van der Waals surface area contributed by atoms with E-state index in [1.54, 1.807) is 0 Å². The number of nitrogens with one attached hydrogen (secondary N) is 1. The van der Waals surface area contributed by atoms with Crippen molar-refractivity contribution < 1.29 is 19.5 Å². The minimum atomic E-state index is -1.07. The second-order valence-corrected chi connectivity index (χ2v) is 6.64. The lowest BCUT2D eigenvalue weighted by molar-refractivity contribution is -0.144. The van der Waals surface area contributed by atoms with Crippen LogP contribution in [0.15, 0.2) is 0 Å². The van der Waals surface area contributed by atoms with Crippen molar-refractivity contribution in [1.29, 1.82) is 0 Å². The number of nitrogens with two attached hydrogens (primary N) is 2. The Bertz CT molecular complexity index is 455. The van der Waals surface area contributed by atoms with Gasteiger partial charge in [-0.3, -0.25) is 9.59 Å². The summed E-state index contributed by atoms with van der Waals surface area (Å²) >= 11 is 0. The zero-order valence-corrected chi connectivity index (χ0v) is 14.5. The highest BCUT2D eigenvalue weighted by atomic mass is 16.4. The molecule has 8 heteroatoms. The van der Waals surface area contributed by atoms with E-state index in [0.717, 1.165) is 0 Å². The average Bonchev–Trinajstić information content (AvgIpc) is 3.01. The van der Waals surface area contributed by atoms with Crippen molar-refractivity contribution >= 4 is 17.8 Å². The molecule has 0 spiro atoms. The molecule has 3 unspecified atom stereocenters. The molecule has 0 radical (unpaired) electrons. The maximum Gasteiger partial charge on any atom is 0.326 e. The number of carboxylic acid groups (broad SMARTS) is 1. The van der Waals surface area contributed by atoms with Gasteiger partial charge in [0.25, 0.3) is 0 Å². The van der Waals surface area contributed by atoms with E-state index in [1.807, 2.05) is 13.8 Å². The van der Waals surface area contributed by atoms with Gasteiger partial charge in [-0.25, -0.2) is 4.79 Å². The number of carbonyl (C=O) groups is 3. The van der Waals surface area contributed by atoms with E-state index in [2.05, 4.69) is 5.32 Å². The van der Waals surface area contributed by atoms with Gasteiger partial charge in [0.1, 0.15) is 12.1 Å². The van der Waals surface area contributed by atoms with Crippen LogP contribution < -0.4 is 16.8 Å². The normalized spacial score (nSPS) is 20.0. The molecule has 0 aromatic carbocycles. The molecule has 3 atom stereocenters. The fraction of sp³-hybridized carbons (Fsp3) is 0.812. The number of hydrogen-bond donors (Lipinski definition) is 4. The Labute approximate surface area is 142 Å². The van der Waals surface area contributed by atoms with Crippen LogP contribution >= 0.6 is 0 Å². The zero-order chi connectivity index (χ0) is 18.3. The molecule has 1 aliphatic heterocycles. The molecule has 1 heterocycles. The summed E-state index contributed by atoms with van der Waals surface area (Å²) in [6.07, 6.45) is 2.89. The number of aliphatic carboxylic acids is 1. The summed E-state index contributed by atoms with van der Waals surface area (Å²) in [5, 5.41) is 11.8. The fourth-order valence-electron chi connectivity index (χ4n) is 2.80. The van der Waals surface area contributed by atoms with Crippen molar-refractivity contribution in [2.45, 2.75) is 64.1 Å². The summed E-state index contributed by atoms with van der Waals surface area (Å²) in [5.41, 5.74) is 11.3. The van der Waals surface area contributed by atoms with Gasteiger partial charge in [-0.05, 0) is 44.6 Å². The molecule has 6 N–H and O–H groups in total. The van der Waals surface area contributed by atoms with Crippen LogP contribution in [0.25, 0.3) is 0 Å². The molecule has 138 valence electrons. The first-order chi connectivity index (χ1) is 11.3. The molecule has 1 fully saturated rings. The summed E-state index contributed by atoms with van der Waals surface area (Å²) in [6, 6.07) is -2.25. The standard InChI is InChI=1S/C16H30N4O4/c1-10(2)13(18)15(22)20-9-5-7-12(20)14(21)19-11(16(23)24)6-3-4-8-17/h10-13H,3-9,17-18H2,1-2H3,(H,19,21)(H,23,24). The minimum absolute atomic E-state index is 0.0233. The fourth-order valence-corrected chi connectivity index (χ4v) is 2.80. The lowest BCUT2D eigenvalue weighted by atomic mass is 10.0. The number of carbonyl (C=O) groups excluding carboxylic acids is 2. The molecule has 1 saturated heterocycles. The number of unbranched alkanes of at least 4 members (excludes halogenated alkanes) is 1. The number of rotatable bonds is 9. The Balaban J connectivity index is 2.70. The Morgan fingerprint density at radius 3 is 2.50 bits per heavy atom. The van der Waals surface area contributed by atoms with Gasteiger partial charge in [0.2, 0.25) is 11.8 Å². The summed E-state index contributed by atoms with van der Waals surface area (Å²) in [6.45, 7) is 4.66. The van der Waals surface area contributed by atoms with Crippen LogP contribution in [0.4, 0.5) is 0 Å². The molecule has 1 rings (SSSR count). The topological polar surface area (TPSA) is 139 Å². The predicted octanol–water partition coefficient (Wildman–Crippen LogP) is -0.341. The highest BCUT2D eigenvalue weighted by molar-refractivity contribution is 5.92. The largest absolute Gasteiger partial charge is 0.480 e. The van der Waals surface area contributed by atoms with Crippen molar-refractivity contribution in [2.24, 2.45) is 17.4 Å². The first-order valence-corrected chi connectivity index (χ1v) is 8.58. The molecular formula is C16H30N4O4. The second-order valence-electron chi connectivity index (χ2n) is 6.64. The van der Waals surface area contributed by atoms with Gasteiger partial charge < -0.3 is 26.8 Å². The third kappa shape index (κ3) is 5.45. The van der Waals surface area contributed by atoms with E-state index in [1.165, 1.54) is 4.90 Å².